The molecule has 0 amide bonds. The van der Waals surface area contributed by atoms with Crippen LogP contribution in [-0.2, 0) is 0 Å². The van der Waals surface area contributed by atoms with Crippen molar-refractivity contribution in [3.63, 3.8) is 0 Å². The van der Waals surface area contributed by atoms with Gasteiger partial charge in [0.05, 0.1) is 66.7 Å². The molecule has 0 unspecified atom stereocenters. The van der Waals surface area contributed by atoms with Crippen molar-refractivity contribution in [1.82, 2.24) is 27.4 Å². The molecule has 6 nitrogen and oxygen atoms in total. The number of hydrogen-bond acceptors (Lipinski definition) is 0. The summed E-state index contributed by atoms with van der Waals surface area (Å²) in [4.78, 5) is 0. The molecular formula is C84H54N6. The van der Waals surface area contributed by atoms with E-state index >= 15 is 0 Å². The highest BCUT2D eigenvalue weighted by molar-refractivity contribution is 6.27. The predicted octanol–water partition coefficient (Wildman–Crippen LogP) is 21.8. The van der Waals surface area contributed by atoms with Gasteiger partial charge < -0.3 is 27.4 Å². The molecule has 6 heterocycles. The number of aromatic nitrogens is 6. The van der Waals surface area contributed by atoms with E-state index in [0.29, 0.717) is 0 Å². The van der Waals surface area contributed by atoms with E-state index in [2.05, 4.69) is 355 Å². The molecule has 0 bridgehead atoms. The quantitative estimate of drug-likeness (QED) is 0.138. The van der Waals surface area contributed by atoms with Crippen LogP contribution in [0.3, 0.4) is 0 Å². The van der Waals surface area contributed by atoms with E-state index in [1.54, 1.807) is 0 Å². The third-order valence-electron chi connectivity index (χ3n) is 18.8. The van der Waals surface area contributed by atoms with Gasteiger partial charge in [-0.15, -0.1) is 0 Å². The normalized spacial score (nSPS) is 12.0. The van der Waals surface area contributed by atoms with Gasteiger partial charge in [-0.25, -0.2) is 0 Å². The molecule has 0 fully saturated rings. The Labute approximate surface area is 518 Å². The van der Waals surface area contributed by atoms with Crippen molar-refractivity contribution in [3.05, 3.63) is 328 Å². The van der Waals surface area contributed by atoms with Crippen LogP contribution in [0.15, 0.2) is 328 Å². The summed E-state index contributed by atoms with van der Waals surface area (Å²) in [5, 5.41) is 10.7. The average Bonchev–Trinajstić information content (AvgIpc) is 1.53. The Morgan fingerprint density at radius 3 is 0.611 bits per heavy atom. The van der Waals surface area contributed by atoms with Crippen molar-refractivity contribution >= 4 is 98.1 Å². The van der Waals surface area contributed by atoms with Crippen LogP contribution in [-0.4, -0.2) is 27.4 Å². The van der Waals surface area contributed by atoms with Crippen molar-refractivity contribution in [2.75, 3.05) is 0 Å². The fraction of sp³-hybridized carbons (Fsp3) is 0. The van der Waals surface area contributed by atoms with Gasteiger partial charge in [0, 0.05) is 82.6 Å². The van der Waals surface area contributed by atoms with Gasteiger partial charge in [0.25, 0.3) is 0 Å². The Bertz CT molecular complexity index is 5420. The van der Waals surface area contributed by atoms with Crippen molar-refractivity contribution < 1.29 is 0 Å². The van der Waals surface area contributed by atoms with E-state index in [-0.39, 0.29) is 0 Å². The molecule has 6 aromatic heterocycles. The number of benzene rings is 13. The van der Waals surface area contributed by atoms with Gasteiger partial charge in [0.1, 0.15) is 0 Å². The molecule has 19 aromatic rings. The molecule has 0 spiro atoms. The summed E-state index contributed by atoms with van der Waals surface area (Å²) in [7, 11) is 0. The summed E-state index contributed by atoms with van der Waals surface area (Å²) in [6.07, 6.45) is 0. The van der Waals surface area contributed by atoms with Crippen LogP contribution in [0.25, 0.3) is 166 Å². The molecule has 0 saturated carbocycles. The van der Waals surface area contributed by atoms with E-state index in [1.165, 1.54) is 48.9 Å². The molecule has 0 N–H and O–H groups in total. The Morgan fingerprint density at radius 1 is 0.144 bits per heavy atom. The summed E-state index contributed by atoms with van der Waals surface area (Å²) in [6.45, 7) is 0. The van der Waals surface area contributed by atoms with Gasteiger partial charge in [-0.1, -0.05) is 182 Å². The van der Waals surface area contributed by atoms with Crippen molar-refractivity contribution in [2.24, 2.45) is 0 Å². The number of para-hydroxylation sites is 9. The van der Waals surface area contributed by atoms with Gasteiger partial charge in [0.2, 0.25) is 0 Å². The third kappa shape index (κ3) is 7.39. The van der Waals surface area contributed by atoms with E-state index < -0.39 is 0 Å². The third-order valence-corrected chi connectivity index (χ3v) is 18.8. The lowest BCUT2D eigenvalue weighted by Gasteiger charge is -2.16. The van der Waals surface area contributed by atoms with E-state index in [4.69, 9.17) is 0 Å². The number of rotatable bonds is 9. The lowest BCUT2D eigenvalue weighted by Crippen LogP contribution is -2.00. The molecule has 0 atom stereocenters. The Balaban J connectivity index is 0.975. The fourth-order valence-corrected chi connectivity index (χ4v) is 15.0. The lowest BCUT2D eigenvalue weighted by molar-refractivity contribution is 1.13. The van der Waals surface area contributed by atoms with Crippen LogP contribution in [0, 0.1) is 0 Å². The van der Waals surface area contributed by atoms with Crippen LogP contribution in [0.4, 0.5) is 0 Å². The topological polar surface area (TPSA) is 29.6 Å². The van der Waals surface area contributed by atoms with Crippen LogP contribution in [0.1, 0.15) is 0 Å². The molecule has 0 saturated heterocycles. The summed E-state index contributed by atoms with van der Waals surface area (Å²) in [5.41, 5.74) is 23.8. The molecule has 6 heteroatoms. The lowest BCUT2D eigenvalue weighted by atomic mass is 10.1. The summed E-state index contributed by atoms with van der Waals surface area (Å²) in [6, 6.07) is 121. The maximum atomic E-state index is 2.55. The highest BCUT2D eigenvalue weighted by atomic mass is 15.1. The second-order valence-electron chi connectivity index (χ2n) is 23.6. The SMILES string of the molecule is c1ccc(-n2c(-c3ccc4c(c3)c3ccccc3n4-c3ccccc3)cc3c2c2cc(-c4ccc5c(c4)c4ccccc4n5-c4ccccc4)n(-c4ccccc4)c2c2cc(-c4ccc5c(c4)c4ccccc4n5-c4ccccc4)n(-c4ccccc4)c32)cc1. The summed E-state index contributed by atoms with van der Waals surface area (Å²) < 4.78 is 14.9. The zero-order valence-electron chi connectivity index (χ0n) is 48.9. The minimum Gasteiger partial charge on any atom is -0.309 e. The van der Waals surface area contributed by atoms with Crippen LogP contribution in [0.5, 0.6) is 0 Å². The first-order chi connectivity index (χ1) is 44.7. The van der Waals surface area contributed by atoms with E-state index in [0.717, 1.165) is 117 Å². The van der Waals surface area contributed by atoms with Crippen LogP contribution >= 0.6 is 0 Å². The zero-order valence-corrected chi connectivity index (χ0v) is 48.9. The highest BCUT2D eigenvalue weighted by Crippen LogP contribution is 2.50. The van der Waals surface area contributed by atoms with Gasteiger partial charge in [-0.2, -0.15) is 0 Å². The standard InChI is InChI=1S/C84H54N6/c1-7-25-58(26-8-1)85-73-40-22-19-37-64(73)67-49-55(43-46-76(67)85)79-52-70-82(88(79)61-31-13-4-14-32-61)71-53-80(56-44-47-77-68(50-56)65-38-20-23-41-74(65)86(77)59-27-9-2-10-28-59)90(63-35-17-6-18-36-63)84(71)72-54-81(89(83(70)72)62-33-15-5-16-34-62)57-45-48-78-69(51-57)66-39-21-24-42-75(66)87(78)60-29-11-3-12-30-60/h1-54H. The molecule has 0 radical (unpaired) electrons. The maximum Gasteiger partial charge on any atom is 0.0650 e. The minimum atomic E-state index is 1.08. The van der Waals surface area contributed by atoms with Crippen molar-refractivity contribution in [1.29, 1.82) is 0 Å². The fourth-order valence-electron chi connectivity index (χ4n) is 15.0. The maximum absolute atomic E-state index is 2.55. The van der Waals surface area contributed by atoms with Gasteiger partial charge in [0.15, 0.2) is 0 Å². The van der Waals surface area contributed by atoms with Crippen LogP contribution in [0.2, 0.25) is 0 Å². The zero-order chi connectivity index (χ0) is 59.0. The monoisotopic (exact) mass is 1150 g/mol. The smallest absolute Gasteiger partial charge is 0.0650 e. The second kappa shape index (κ2) is 19.7. The van der Waals surface area contributed by atoms with E-state index in [1.807, 2.05) is 0 Å². The average molecular weight is 1150 g/mol. The summed E-state index contributed by atoms with van der Waals surface area (Å²) in [5.74, 6) is 0. The molecule has 0 aliphatic rings. The minimum absolute atomic E-state index is 1.08. The summed E-state index contributed by atoms with van der Waals surface area (Å²) >= 11 is 0. The molecule has 13 aromatic carbocycles. The largest absolute Gasteiger partial charge is 0.309 e. The van der Waals surface area contributed by atoms with Gasteiger partial charge in [-0.3, -0.25) is 0 Å². The predicted molar refractivity (Wildman–Crippen MR) is 376 cm³/mol. The molecule has 0 aliphatic heterocycles. The Kier molecular flexibility index (Phi) is 11.0. The molecular weight excluding hydrogens is 1090 g/mol. The Hall–Kier alpha value is -12.1. The van der Waals surface area contributed by atoms with Gasteiger partial charge in [-0.05, 0) is 162 Å². The first-order valence-corrected chi connectivity index (χ1v) is 30.9. The Morgan fingerprint density at radius 2 is 0.356 bits per heavy atom. The number of fused-ring (bicyclic) bond motifs is 15. The number of nitrogens with zero attached hydrogens (tertiary/aromatic N) is 6. The first-order valence-electron chi connectivity index (χ1n) is 30.9. The van der Waals surface area contributed by atoms with E-state index in [9.17, 15) is 0 Å². The first kappa shape index (κ1) is 50.1. The molecule has 420 valence electrons. The van der Waals surface area contributed by atoms with Crippen molar-refractivity contribution in [2.45, 2.75) is 0 Å². The molecule has 0 aliphatic carbocycles. The number of hydrogen-bond donors (Lipinski definition) is 0. The van der Waals surface area contributed by atoms with Crippen molar-refractivity contribution in [3.8, 4) is 67.9 Å². The molecule has 19 rings (SSSR count). The van der Waals surface area contributed by atoms with Crippen LogP contribution < -0.4 is 0 Å². The second-order valence-corrected chi connectivity index (χ2v) is 23.6. The molecule has 90 heavy (non-hydrogen) atoms. The highest BCUT2D eigenvalue weighted by Gasteiger charge is 2.29. The van der Waals surface area contributed by atoms with Gasteiger partial charge >= 0.3 is 0 Å².